The van der Waals surface area contributed by atoms with Gasteiger partial charge in [0.1, 0.15) is 5.54 Å². The van der Waals surface area contributed by atoms with E-state index in [9.17, 15) is 14.7 Å². The van der Waals surface area contributed by atoms with Crippen LogP contribution in [0.2, 0.25) is 6.32 Å². The van der Waals surface area contributed by atoms with E-state index in [1.807, 2.05) is 0 Å². The van der Waals surface area contributed by atoms with E-state index < -0.39 is 18.6 Å². The predicted octanol–water partition coefficient (Wildman–Crippen LogP) is -1.38. The van der Waals surface area contributed by atoms with Crippen LogP contribution in [0.3, 0.4) is 0 Å². The summed E-state index contributed by atoms with van der Waals surface area (Å²) in [7, 11) is -1.41. The molecule has 0 unspecified atom stereocenters. The number of piperidine rings is 1. The molecule has 0 aliphatic carbocycles. The van der Waals surface area contributed by atoms with Gasteiger partial charge in [-0.05, 0) is 32.1 Å². The number of nitrogens with zero attached hydrogens (tertiary/aromatic N) is 1. The third-order valence-corrected chi connectivity index (χ3v) is 4.95. The van der Waals surface area contributed by atoms with Crippen molar-refractivity contribution in [1.82, 2.24) is 10.2 Å². The number of hydrogen-bond donors (Lipinski definition) is 5. The topological polar surface area (TPSA) is 136 Å². The Kier molecular flexibility index (Phi) is 6.02. The third kappa shape index (κ3) is 4.23. The maximum Gasteiger partial charge on any atom is 0.451 e. The average Bonchev–Trinajstić information content (AvgIpc) is 2.86. The van der Waals surface area contributed by atoms with Gasteiger partial charge in [-0.25, -0.2) is 0 Å². The summed E-state index contributed by atoms with van der Waals surface area (Å²) >= 11 is 0. The number of hydrogen-bond acceptors (Lipinski definition) is 6. The van der Waals surface area contributed by atoms with Crippen LogP contribution in [-0.4, -0.2) is 70.3 Å². The molecule has 0 aromatic rings. The molecule has 2 saturated heterocycles. The van der Waals surface area contributed by atoms with Crippen molar-refractivity contribution in [3.63, 3.8) is 0 Å². The molecule has 2 aliphatic rings. The highest BCUT2D eigenvalue weighted by atomic mass is 16.4. The van der Waals surface area contributed by atoms with Gasteiger partial charge in [-0.1, -0.05) is 12.8 Å². The number of rotatable bonds is 6. The van der Waals surface area contributed by atoms with E-state index in [1.54, 1.807) is 4.90 Å². The number of carboxylic acids is 1. The Morgan fingerprint density at radius 3 is 2.65 bits per heavy atom. The van der Waals surface area contributed by atoms with Crippen molar-refractivity contribution in [3.8, 4) is 0 Å². The fraction of sp³-hybridized carbons (Fsp3) is 0.857. The molecule has 0 bridgehead atoms. The lowest BCUT2D eigenvalue weighted by Crippen LogP contribution is -2.56. The standard InChI is InChI=1S/C14H26BN3O5/c16-14(13(20)21)9-18(8-10(14)4-3-6-15(22)23)12(19)11-5-1-2-7-17-11/h10-11,17,22-23H,1-9,16H2,(H,20,21)/t10-,11-,14-/m0/s1. The summed E-state index contributed by atoms with van der Waals surface area (Å²) in [5, 5.41) is 30.5. The van der Waals surface area contributed by atoms with Crippen LogP contribution >= 0.6 is 0 Å². The van der Waals surface area contributed by atoms with Crippen LogP contribution in [0.5, 0.6) is 0 Å². The van der Waals surface area contributed by atoms with Crippen molar-refractivity contribution in [2.24, 2.45) is 11.7 Å². The number of carboxylic acid groups (broad SMARTS) is 1. The number of likely N-dealkylation sites (tertiary alicyclic amines) is 1. The van der Waals surface area contributed by atoms with Crippen molar-refractivity contribution < 1.29 is 24.7 Å². The van der Waals surface area contributed by atoms with E-state index in [0.29, 0.717) is 19.4 Å². The van der Waals surface area contributed by atoms with Gasteiger partial charge in [0.2, 0.25) is 5.91 Å². The summed E-state index contributed by atoms with van der Waals surface area (Å²) in [5.41, 5.74) is 4.61. The van der Waals surface area contributed by atoms with Crippen LogP contribution in [0.25, 0.3) is 0 Å². The van der Waals surface area contributed by atoms with Gasteiger partial charge < -0.3 is 31.1 Å². The third-order valence-electron chi connectivity index (χ3n) is 4.95. The first-order chi connectivity index (χ1) is 10.8. The molecule has 23 heavy (non-hydrogen) atoms. The molecule has 2 rings (SSSR count). The second-order valence-electron chi connectivity index (χ2n) is 6.68. The normalized spacial score (nSPS) is 31.2. The van der Waals surface area contributed by atoms with Crippen LogP contribution in [-0.2, 0) is 9.59 Å². The van der Waals surface area contributed by atoms with E-state index in [4.69, 9.17) is 15.8 Å². The highest BCUT2D eigenvalue weighted by molar-refractivity contribution is 6.40. The van der Waals surface area contributed by atoms with Crippen LogP contribution in [0.4, 0.5) is 0 Å². The average molecular weight is 327 g/mol. The first kappa shape index (κ1) is 18.2. The molecule has 2 heterocycles. The van der Waals surface area contributed by atoms with Gasteiger partial charge in [-0.15, -0.1) is 0 Å². The molecule has 8 nitrogen and oxygen atoms in total. The zero-order valence-corrected chi connectivity index (χ0v) is 13.3. The van der Waals surface area contributed by atoms with Gasteiger partial charge in [0.15, 0.2) is 0 Å². The van der Waals surface area contributed by atoms with Gasteiger partial charge >= 0.3 is 13.1 Å². The van der Waals surface area contributed by atoms with Crippen LogP contribution < -0.4 is 11.1 Å². The Hall–Kier alpha value is -1.16. The monoisotopic (exact) mass is 327 g/mol. The largest absolute Gasteiger partial charge is 0.480 e. The second kappa shape index (κ2) is 7.61. The number of carbonyl (C=O) groups is 2. The van der Waals surface area contributed by atoms with Gasteiger partial charge in [-0.2, -0.15) is 0 Å². The molecule has 1 amide bonds. The van der Waals surface area contributed by atoms with Crippen LogP contribution in [0.15, 0.2) is 0 Å². The van der Waals surface area contributed by atoms with Gasteiger partial charge in [0.05, 0.1) is 6.04 Å². The molecule has 3 atom stereocenters. The Bertz CT molecular complexity index is 444. The van der Waals surface area contributed by atoms with E-state index in [1.165, 1.54) is 0 Å². The minimum atomic E-state index is -1.47. The molecule has 0 aromatic heterocycles. The van der Waals surface area contributed by atoms with E-state index in [2.05, 4.69) is 5.32 Å². The molecule has 0 aromatic carbocycles. The fourth-order valence-electron chi connectivity index (χ4n) is 3.53. The first-order valence-corrected chi connectivity index (χ1v) is 8.25. The quantitative estimate of drug-likeness (QED) is 0.379. The predicted molar refractivity (Wildman–Crippen MR) is 84.5 cm³/mol. The summed E-state index contributed by atoms with van der Waals surface area (Å²) in [5.74, 6) is -1.57. The summed E-state index contributed by atoms with van der Waals surface area (Å²) in [6.45, 7) is 1.11. The van der Waals surface area contributed by atoms with Crippen molar-refractivity contribution in [3.05, 3.63) is 0 Å². The zero-order valence-electron chi connectivity index (χ0n) is 13.3. The van der Waals surface area contributed by atoms with E-state index in [0.717, 1.165) is 25.8 Å². The number of nitrogens with two attached hydrogens (primary N) is 1. The minimum Gasteiger partial charge on any atom is -0.480 e. The van der Waals surface area contributed by atoms with Gasteiger partial charge in [0.25, 0.3) is 0 Å². The minimum absolute atomic E-state index is 0.00565. The van der Waals surface area contributed by atoms with Crippen LogP contribution in [0, 0.1) is 5.92 Å². The molecule has 2 fully saturated rings. The maximum atomic E-state index is 12.6. The molecular formula is C14H26BN3O5. The SMILES string of the molecule is N[C@@]1(C(=O)O)CN(C(=O)[C@@H]2CCCCN2)C[C@@H]1CCCB(O)O. The molecule has 9 heteroatoms. The van der Waals surface area contributed by atoms with Gasteiger partial charge in [0, 0.05) is 19.0 Å². The first-order valence-electron chi connectivity index (χ1n) is 8.25. The van der Waals surface area contributed by atoms with Crippen LogP contribution in [0.1, 0.15) is 32.1 Å². The smallest absolute Gasteiger partial charge is 0.451 e. The summed E-state index contributed by atoms with van der Waals surface area (Å²) in [4.78, 5) is 25.7. The summed E-state index contributed by atoms with van der Waals surface area (Å²) in [6.07, 6.45) is 3.87. The number of amides is 1. The zero-order chi connectivity index (χ0) is 17.0. The van der Waals surface area contributed by atoms with E-state index >= 15 is 0 Å². The molecule has 130 valence electrons. The lowest BCUT2D eigenvalue weighted by atomic mass is 9.78. The highest BCUT2D eigenvalue weighted by Gasteiger charge is 2.51. The molecule has 2 aliphatic heterocycles. The number of carbonyl (C=O) groups excluding carboxylic acids is 1. The molecule has 0 spiro atoms. The second-order valence-corrected chi connectivity index (χ2v) is 6.68. The summed E-state index contributed by atoms with van der Waals surface area (Å²) < 4.78 is 0. The summed E-state index contributed by atoms with van der Waals surface area (Å²) in [6, 6.07) is -0.250. The van der Waals surface area contributed by atoms with Crippen molar-refractivity contribution in [2.75, 3.05) is 19.6 Å². The Labute approximate surface area is 136 Å². The lowest BCUT2D eigenvalue weighted by molar-refractivity contribution is -0.144. The Morgan fingerprint density at radius 2 is 2.09 bits per heavy atom. The molecular weight excluding hydrogens is 301 g/mol. The van der Waals surface area contributed by atoms with Gasteiger partial charge in [-0.3, -0.25) is 9.59 Å². The number of aliphatic carboxylic acids is 1. The molecule has 0 radical (unpaired) electrons. The highest BCUT2D eigenvalue weighted by Crippen LogP contribution is 2.31. The fourth-order valence-corrected chi connectivity index (χ4v) is 3.53. The number of nitrogens with one attached hydrogen (secondary N) is 1. The van der Waals surface area contributed by atoms with Crippen molar-refractivity contribution >= 4 is 19.0 Å². The molecule has 6 N–H and O–H groups in total. The van der Waals surface area contributed by atoms with E-state index in [-0.39, 0.29) is 30.7 Å². The maximum absolute atomic E-state index is 12.6. The Morgan fingerprint density at radius 1 is 1.35 bits per heavy atom. The molecule has 0 saturated carbocycles. The van der Waals surface area contributed by atoms with Crippen molar-refractivity contribution in [2.45, 2.75) is 50.0 Å². The van der Waals surface area contributed by atoms with Crippen molar-refractivity contribution in [1.29, 1.82) is 0 Å². The Balaban J connectivity index is 2.00. The lowest BCUT2D eigenvalue weighted by Gasteiger charge is -2.28.